The van der Waals surface area contributed by atoms with Crippen molar-refractivity contribution in [3.63, 3.8) is 0 Å². The van der Waals surface area contributed by atoms with Gasteiger partial charge < -0.3 is 10.0 Å². The molecule has 1 unspecified atom stereocenters. The van der Waals surface area contributed by atoms with Gasteiger partial charge in [0.25, 0.3) is 5.91 Å². The zero-order chi connectivity index (χ0) is 15.9. The van der Waals surface area contributed by atoms with Gasteiger partial charge in [-0.2, -0.15) is 0 Å². The maximum absolute atomic E-state index is 12.8. The number of benzene rings is 1. The van der Waals surface area contributed by atoms with Gasteiger partial charge in [0.1, 0.15) is 0 Å². The van der Waals surface area contributed by atoms with Gasteiger partial charge in [0.05, 0.1) is 10.8 Å². The molecule has 1 atom stereocenters. The Hall–Kier alpha value is -2.14. The van der Waals surface area contributed by atoms with E-state index in [9.17, 15) is 14.7 Å². The highest BCUT2D eigenvalue weighted by Gasteiger charge is 2.33. The minimum atomic E-state index is -0.831. The molecule has 114 valence electrons. The van der Waals surface area contributed by atoms with Gasteiger partial charge in [-0.1, -0.05) is 18.2 Å². The van der Waals surface area contributed by atoms with E-state index >= 15 is 0 Å². The average molecular weight is 315 g/mol. The Morgan fingerprint density at radius 1 is 1.27 bits per heavy atom. The summed E-state index contributed by atoms with van der Waals surface area (Å²) in [6.45, 7) is 4.43. The molecule has 0 saturated heterocycles. The molecular formula is C17H17NO3S. The standard InChI is InChI=1S/C17H17NO3S/c1-10-9-15(22-11(10)2)16(19)18-8-7-13(17(20)21)12-5-3-4-6-14(12)18/h3-6,9,13H,7-8H2,1-2H3,(H,20,21). The zero-order valence-electron chi connectivity index (χ0n) is 12.5. The third-order valence-electron chi connectivity index (χ3n) is 4.16. The van der Waals surface area contributed by atoms with Crippen LogP contribution in [0.1, 0.15) is 38.0 Å². The molecule has 1 N–H and O–H groups in total. The number of hydrogen-bond acceptors (Lipinski definition) is 3. The Morgan fingerprint density at radius 3 is 2.64 bits per heavy atom. The van der Waals surface area contributed by atoms with Gasteiger partial charge in [0, 0.05) is 17.1 Å². The Morgan fingerprint density at radius 2 is 2.00 bits per heavy atom. The van der Waals surface area contributed by atoms with E-state index in [0.29, 0.717) is 17.8 Å². The molecule has 0 radical (unpaired) electrons. The number of carboxylic acids is 1. The van der Waals surface area contributed by atoms with Crippen LogP contribution in [0.4, 0.5) is 5.69 Å². The number of aliphatic carboxylic acids is 1. The van der Waals surface area contributed by atoms with Crippen LogP contribution in [0.2, 0.25) is 0 Å². The summed E-state index contributed by atoms with van der Waals surface area (Å²) >= 11 is 1.49. The van der Waals surface area contributed by atoms with E-state index in [1.54, 1.807) is 11.0 Å². The fourth-order valence-electron chi connectivity index (χ4n) is 2.84. The Labute approximate surface area is 133 Å². The second kappa shape index (κ2) is 5.57. The Kier molecular flexibility index (Phi) is 3.74. The summed E-state index contributed by atoms with van der Waals surface area (Å²) in [5.74, 6) is -1.41. The first-order valence-corrected chi connectivity index (χ1v) is 8.01. The summed E-state index contributed by atoms with van der Waals surface area (Å²) in [7, 11) is 0. The van der Waals surface area contributed by atoms with Gasteiger partial charge >= 0.3 is 5.97 Å². The molecule has 1 aliphatic heterocycles. The molecule has 1 aromatic carbocycles. The maximum Gasteiger partial charge on any atom is 0.311 e. The Bertz CT molecular complexity index is 731. The molecule has 0 saturated carbocycles. The summed E-state index contributed by atoms with van der Waals surface area (Å²) in [5.41, 5.74) is 2.55. The van der Waals surface area contributed by atoms with Crippen molar-refractivity contribution in [3.8, 4) is 0 Å². The first-order chi connectivity index (χ1) is 10.5. The number of hydrogen-bond donors (Lipinski definition) is 1. The number of carboxylic acid groups (broad SMARTS) is 1. The summed E-state index contributed by atoms with van der Waals surface area (Å²) in [5, 5.41) is 9.37. The Balaban J connectivity index is 2.00. The summed E-state index contributed by atoms with van der Waals surface area (Å²) in [6, 6.07) is 9.21. The highest BCUT2D eigenvalue weighted by Crippen LogP contribution is 2.36. The highest BCUT2D eigenvalue weighted by molar-refractivity contribution is 7.14. The normalized spacial score (nSPS) is 17.2. The number of carbonyl (C=O) groups is 2. The van der Waals surface area contributed by atoms with Crippen LogP contribution in [0.25, 0.3) is 0 Å². The number of anilines is 1. The predicted octanol–water partition coefficient (Wildman–Crippen LogP) is 3.58. The van der Waals surface area contributed by atoms with Crippen LogP contribution in [0.3, 0.4) is 0 Å². The van der Waals surface area contributed by atoms with Crippen LogP contribution in [-0.2, 0) is 4.79 Å². The molecule has 2 heterocycles. The van der Waals surface area contributed by atoms with Crippen molar-refractivity contribution in [2.24, 2.45) is 0 Å². The smallest absolute Gasteiger partial charge is 0.311 e. The van der Waals surface area contributed by atoms with Gasteiger partial charge in [-0.15, -0.1) is 11.3 Å². The molecule has 3 rings (SSSR count). The minimum absolute atomic E-state index is 0.0440. The van der Waals surface area contributed by atoms with Crippen LogP contribution < -0.4 is 4.90 Å². The number of rotatable bonds is 2. The molecule has 5 heteroatoms. The van der Waals surface area contributed by atoms with E-state index in [0.717, 1.165) is 21.7 Å². The van der Waals surface area contributed by atoms with E-state index in [2.05, 4.69) is 0 Å². The van der Waals surface area contributed by atoms with E-state index in [1.807, 2.05) is 38.1 Å². The van der Waals surface area contributed by atoms with Crippen molar-refractivity contribution in [3.05, 3.63) is 51.2 Å². The van der Waals surface area contributed by atoms with Crippen molar-refractivity contribution in [2.75, 3.05) is 11.4 Å². The molecule has 0 fully saturated rings. The van der Waals surface area contributed by atoms with Crippen molar-refractivity contribution < 1.29 is 14.7 Å². The number of fused-ring (bicyclic) bond motifs is 1. The molecule has 4 nitrogen and oxygen atoms in total. The van der Waals surface area contributed by atoms with Crippen molar-refractivity contribution in [1.29, 1.82) is 0 Å². The van der Waals surface area contributed by atoms with Gasteiger partial charge in [-0.05, 0) is 43.5 Å². The van der Waals surface area contributed by atoms with Crippen molar-refractivity contribution in [2.45, 2.75) is 26.2 Å². The number of carbonyl (C=O) groups excluding carboxylic acids is 1. The lowest BCUT2D eigenvalue weighted by Gasteiger charge is -2.32. The minimum Gasteiger partial charge on any atom is -0.481 e. The van der Waals surface area contributed by atoms with Crippen molar-refractivity contribution in [1.82, 2.24) is 0 Å². The topological polar surface area (TPSA) is 57.6 Å². The largest absolute Gasteiger partial charge is 0.481 e. The van der Waals surface area contributed by atoms with Gasteiger partial charge in [0.15, 0.2) is 0 Å². The maximum atomic E-state index is 12.8. The van der Waals surface area contributed by atoms with Crippen LogP contribution in [-0.4, -0.2) is 23.5 Å². The van der Waals surface area contributed by atoms with E-state index < -0.39 is 11.9 Å². The molecule has 1 aromatic heterocycles. The van der Waals surface area contributed by atoms with Gasteiger partial charge in [-0.3, -0.25) is 9.59 Å². The van der Waals surface area contributed by atoms with E-state index in [4.69, 9.17) is 0 Å². The molecule has 0 spiro atoms. The lowest BCUT2D eigenvalue weighted by atomic mass is 9.90. The van der Waals surface area contributed by atoms with Gasteiger partial charge in [-0.25, -0.2) is 0 Å². The second-order valence-corrected chi connectivity index (χ2v) is 6.80. The third-order valence-corrected chi connectivity index (χ3v) is 5.30. The number of aryl methyl sites for hydroxylation is 2. The van der Waals surface area contributed by atoms with Crippen LogP contribution in [0.15, 0.2) is 30.3 Å². The molecule has 1 amide bonds. The molecule has 22 heavy (non-hydrogen) atoms. The average Bonchev–Trinajstić information content (AvgIpc) is 2.84. The zero-order valence-corrected chi connectivity index (χ0v) is 13.3. The number of amides is 1. The number of thiophene rings is 1. The fourth-order valence-corrected chi connectivity index (χ4v) is 3.82. The third kappa shape index (κ3) is 2.41. The first-order valence-electron chi connectivity index (χ1n) is 7.19. The lowest BCUT2D eigenvalue weighted by Crippen LogP contribution is -2.37. The van der Waals surface area contributed by atoms with Crippen LogP contribution in [0.5, 0.6) is 0 Å². The number of nitrogens with zero attached hydrogens (tertiary/aromatic N) is 1. The van der Waals surface area contributed by atoms with Crippen LogP contribution in [0, 0.1) is 13.8 Å². The second-order valence-electron chi connectivity index (χ2n) is 5.54. The SMILES string of the molecule is Cc1cc(C(=O)N2CCC(C(=O)O)c3ccccc32)sc1C. The number of para-hydroxylation sites is 1. The van der Waals surface area contributed by atoms with Gasteiger partial charge in [0.2, 0.25) is 0 Å². The van der Waals surface area contributed by atoms with E-state index in [1.165, 1.54) is 11.3 Å². The van der Waals surface area contributed by atoms with Crippen LogP contribution >= 0.6 is 11.3 Å². The lowest BCUT2D eigenvalue weighted by molar-refractivity contribution is -0.139. The molecule has 0 aliphatic carbocycles. The molecule has 2 aromatic rings. The molecule has 0 bridgehead atoms. The first kappa shape index (κ1) is 14.8. The quantitative estimate of drug-likeness (QED) is 0.921. The molecular weight excluding hydrogens is 298 g/mol. The van der Waals surface area contributed by atoms with Crippen molar-refractivity contribution >= 4 is 28.9 Å². The summed E-state index contributed by atoms with van der Waals surface area (Å²) in [6.07, 6.45) is 0.446. The fraction of sp³-hybridized carbons (Fsp3) is 0.294. The predicted molar refractivity (Wildman–Crippen MR) is 86.9 cm³/mol. The monoisotopic (exact) mass is 315 g/mol. The van der Waals surface area contributed by atoms with E-state index in [-0.39, 0.29) is 5.91 Å². The highest BCUT2D eigenvalue weighted by atomic mass is 32.1. The molecule has 1 aliphatic rings. The summed E-state index contributed by atoms with van der Waals surface area (Å²) < 4.78 is 0. The summed E-state index contributed by atoms with van der Waals surface area (Å²) in [4.78, 5) is 27.8.